The molecule has 1 fully saturated rings. The van der Waals surface area contributed by atoms with E-state index in [-0.39, 0.29) is 24.4 Å². The molecule has 5 rings (SSSR count). The molecule has 0 unspecified atom stereocenters. The van der Waals surface area contributed by atoms with Crippen molar-refractivity contribution in [2.24, 2.45) is 0 Å². The van der Waals surface area contributed by atoms with Gasteiger partial charge in [-0.15, -0.1) is 0 Å². The lowest BCUT2D eigenvalue weighted by Crippen LogP contribution is -2.26. The van der Waals surface area contributed by atoms with Crippen LogP contribution in [0.2, 0.25) is 0 Å². The Balaban J connectivity index is 1.20. The van der Waals surface area contributed by atoms with E-state index in [4.69, 9.17) is 4.74 Å². The first-order chi connectivity index (χ1) is 17.4. The molecular weight excluding hydrogens is 458 g/mol. The van der Waals surface area contributed by atoms with Crippen molar-refractivity contribution in [3.63, 3.8) is 0 Å². The average Bonchev–Trinajstić information content (AvgIpc) is 3.69. The molecule has 2 aromatic carbocycles. The van der Waals surface area contributed by atoms with Crippen LogP contribution >= 0.6 is 0 Å². The number of nitrogens with one attached hydrogen (secondary N) is 1. The summed E-state index contributed by atoms with van der Waals surface area (Å²) in [6, 6.07) is 17.0. The molecular formula is C27H27N5O4. The summed E-state index contributed by atoms with van der Waals surface area (Å²) in [6.45, 7) is 3.27. The van der Waals surface area contributed by atoms with E-state index in [9.17, 15) is 14.4 Å². The van der Waals surface area contributed by atoms with Gasteiger partial charge in [0.25, 0.3) is 11.5 Å². The van der Waals surface area contributed by atoms with E-state index in [1.54, 1.807) is 21.4 Å². The first-order valence-corrected chi connectivity index (χ1v) is 12.0. The van der Waals surface area contributed by atoms with Crippen LogP contribution in [0.3, 0.4) is 0 Å². The van der Waals surface area contributed by atoms with Crippen LogP contribution in [0, 0.1) is 13.8 Å². The Labute approximate surface area is 207 Å². The number of aromatic nitrogens is 4. The fraction of sp³-hybridized carbons (Fsp3) is 0.296. The van der Waals surface area contributed by atoms with Gasteiger partial charge in [0.05, 0.1) is 40.1 Å². The van der Waals surface area contributed by atoms with Gasteiger partial charge in [-0.25, -0.2) is 9.67 Å². The van der Waals surface area contributed by atoms with Crippen molar-refractivity contribution in [1.29, 1.82) is 0 Å². The zero-order valence-electron chi connectivity index (χ0n) is 20.2. The van der Waals surface area contributed by atoms with E-state index >= 15 is 0 Å². The zero-order valence-corrected chi connectivity index (χ0v) is 20.2. The number of rotatable bonds is 8. The van der Waals surface area contributed by atoms with Crippen molar-refractivity contribution in [1.82, 2.24) is 19.3 Å². The van der Waals surface area contributed by atoms with Crippen LogP contribution < -0.4 is 10.9 Å². The maximum absolute atomic E-state index is 13.0. The van der Waals surface area contributed by atoms with Crippen molar-refractivity contribution in [2.75, 3.05) is 11.9 Å². The molecule has 0 spiro atoms. The number of para-hydroxylation sites is 2. The molecule has 2 aromatic heterocycles. The summed E-state index contributed by atoms with van der Waals surface area (Å²) in [5, 5.41) is 7.89. The monoisotopic (exact) mass is 485 g/mol. The number of carbonyl (C=O) groups excluding carboxylic acids is 2. The smallest absolute Gasteiger partial charge is 0.306 e. The summed E-state index contributed by atoms with van der Waals surface area (Å²) in [6.07, 6.45) is 2.14. The summed E-state index contributed by atoms with van der Waals surface area (Å²) in [4.78, 5) is 42.5. The number of aryl methyl sites for hydroxylation is 2. The Kier molecular flexibility index (Phi) is 6.37. The second-order valence-electron chi connectivity index (χ2n) is 8.95. The molecule has 36 heavy (non-hydrogen) atoms. The van der Waals surface area contributed by atoms with Gasteiger partial charge < -0.3 is 10.1 Å². The van der Waals surface area contributed by atoms with Gasteiger partial charge in [0.2, 0.25) is 0 Å². The van der Waals surface area contributed by atoms with Gasteiger partial charge in [0.1, 0.15) is 5.82 Å². The van der Waals surface area contributed by atoms with Crippen molar-refractivity contribution in [2.45, 2.75) is 45.6 Å². The lowest BCUT2D eigenvalue weighted by Gasteiger charge is -2.12. The fourth-order valence-electron chi connectivity index (χ4n) is 4.33. The Morgan fingerprint density at radius 1 is 1.06 bits per heavy atom. The molecule has 1 saturated carbocycles. The normalized spacial score (nSPS) is 13.1. The number of benzene rings is 2. The first kappa shape index (κ1) is 23.5. The number of carbonyl (C=O) groups is 2. The topological polar surface area (TPSA) is 108 Å². The number of ether oxygens (including phenoxy) is 1. The molecule has 9 heteroatoms. The van der Waals surface area contributed by atoms with Crippen LogP contribution in [0.5, 0.6) is 0 Å². The Morgan fingerprint density at radius 3 is 2.53 bits per heavy atom. The molecule has 0 saturated heterocycles. The first-order valence-electron chi connectivity index (χ1n) is 12.0. The van der Waals surface area contributed by atoms with Crippen LogP contribution in [0.1, 0.15) is 42.5 Å². The van der Waals surface area contributed by atoms with E-state index in [0.717, 1.165) is 24.2 Å². The quantitative estimate of drug-likeness (QED) is 0.382. The molecule has 1 amide bonds. The predicted molar refractivity (Wildman–Crippen MR) is 135 cm³/mol. The largest absolute Gasteiger partial charge is 0.456 e. The van der Waals surface area contributed by atoms with Crippen LogP contribution in [0.15, 0.2) is 59.4 Å². The summed E-state index contributed by atoms with van der Waals surface area (Å²) < 4.78 is 8.67. The van der Waals surface area contributed by atoms with Crippen molar-refractivity contribution >= 4 is 28.5 Å². The van der Waals surface area contributed by atoms with Crippen LogP contribution in [0.4, 0.5) is 5.69 Å². The number of esters is 1. The molecule has 4 aromatic rings. The van der Waals surface area contributed by atoms with Crippen LogP contribution in [-0.2, 0) is 20.7 Å². The van der Waals surface area contributed by atoms with Gasteiger partial charge in [0, 0.05) is 12.5 Å². The number of amides is 1. The molecule has 1 aliphatic carbocycles. The van der Waals surface area contributed by atoms with Crippen molar-refractivity contribution in [3.8, 4) is 5.69 Å². The minimum atomic E-state index is -0.525. The highest BCUT2D eigenvalue weighted by Gasteiger charge is 2.28. The second-order valence-corrected chi connectivity index (χ2v) is 8.95. The molecule has 1 aliphatic rings. The Hall–Kier alpha value is -4.27. The van der Waals surface area contributed by atoms with Gasteiger partial charge in [-0.05, 0) is 51.0 Å². The molecule has 0 aliphatic heterocycles. The summed E-state index contributed by atoms with van der Waals surface area (Å²) in [5.74, 6) is -0.397. The highest BCUT2D eigenvalue weighted by atomic mass is 16.5. The Morgan fingerprint density at radius 2 is 1.78 bits per heavy atom. The maximum atomic E-state index is 13.0. The molecule has 2 heterocycles. The second kappa shape index (κ2) is 9.77. The van der Waals surface area contributed by atoms with E-state index in [1.807, 2.05) is 56.3 Å². The zero-order chi connectivity index (χ0) is 25.2. The minimum absolute atomic E-state index is 0.0226. The lowest BCUT2D eigenvalue weighted by atomic mass is 10.2. The number of nitrogens with zero attached hydrogens (tertiary/aromatic N) is 4. The van der Waals surface area contributed by atoms with E-state index in [0.29, 0.717) is 28.1 Å². The highest BCUT2D eigenvalue weighted by Crippen LogP contribution is 2.35. The van der Waals surface area contributed by atoms with Gasteiger partial charge in [-0.2, -0.15) is 5.10 Å². The molecule has 0 radical (unpaired) electrons. The third-order valence-corrected chi connectivity index (χ3v) is 6.27. The van der Waals surface area contributed by atoms with Gasteiger partial charge >= 0.3 is 5.97 Å². The molecule has 1 N–H and O–H groups in total. The third-order valence-electron chi connectivity index (χ3n) is 6.27. The van der Waals surface area contributed by atoms with Gasteiger partial charge in [-0.3, -0.25) is 19.0 Å². The van der Waals surface area contributed by atoms with Crippen LogP contribution in [0.25, 0.3) is 16.6 Å². The van der Waals surface area contributed by atoms with Gasteiger partial charge in [-0.1, -0.05) is 30.3 Å². The molecule has 0 bridgehead atoms. The van der Waals surface area contributed by atoms with E-state index < -0.39 is 18.5 Å². The average molecular weight is 486 g/mol. The maximum Gasteiger partial charge on any atom is 0.306 e. The number of anilines is 1. The minimum Gasteiger partial charge on any atom is -0.456 e. The summed E-state index contributed by atoms with van der Waals surface area (Å²) in [5.41, 5.74) is 3.46. The van der Waals surface area contributed by atoms with Gasteiger partial charge in [0.15, 0.2) is 6.61 Å². The van der Waals surface area contributed by atoms with E-state index in [1.165, 1.54) is 0 Å². The standard InChI is InChI=1S/C27H27N5O4/c1-17-26(18(2)32(30-17)20-8-4-3-5-9-20)29-24(33)16-36-25(34)15-14-23-28-22-11-7-6-10-21(22)27(35)31(23)19-12-13-19/h3-11,19H,12-16H2,1-2H3,(H,29,33). The fourth-order valence-corrected chi connectivity index (χ4v) is 4.33. The van der Waals surface area contributed by atoms with E-state index in [2.05, 4.69) is 15.4 Å². The summed E-state index contributed by atoms with van der Waals surface area (Å²) in [7, 11) is 0. The third kappa shape index (κ3) is 4.77. The number of hydrogen-bond donors (Lipinski definition) is 1. The predicted octanol–water partition coefficient (Wildman–Crippen LogP) is 3.65. The van der Waals surface area contributed by atoms with Crippen molar-refractivity contribution < 1.29 is 14.3 Å². The molecule has 184 valence electrons. The molecule has 0 atom stereocenters. The SMILES string of the molecule is Cc1nn(-c2ccccc2)c(C)c1NC(=O)COC(=O)CCc1nc2ccccc2c(=O)n1C1CC1. The summed E-state index contributed by atoms with van der Waals surface area (Å²) >= 11 is 0. The van der Waals surface area contributed by atoms with Crippen molar-refractivity contribution in [3.05, 3.63) is 82.2 Å². The molecule has 9 nitrogen and oxygen atoms in total. The number of fused-ring (bicyclic) bond motifs is 1. The number of hydrogen-bond acceptors (Lipinski definition) is 6. The van der Waals surface area contributed by atoms with Crippen LogP contribution in [-0.4, -0.2) is 37.8 Å². The highest BCUT2D eigenvalue weighted by molar-refractivity contribution is 5.94. The lowest BCUT2D eigenvalue weighted by molar-refractivity contribution is -0.147. The Bertz CT molecular complexity index is 1500.